The van der Waals surface area contributed by atoms with Crippen molar-refractivity contribution in [3.63, 3.8) is 0 Å². The Kier molecular flexibility index (Phi) is 2.83. The predicted molar refractivity (Wildman–Crippen MR) is 70.8 cm³/mol. The molecule has 0 aliphatic carbocycles. The Labute approximate surface area is 110 Å². The minimum atomic E-state index is -0.986. The monoisotopic (exact) mass is 257 g/mol. The zero-order chi connectivity index (χ0) is 13.4. The number of rotatable bonds is 2. The van der Waals surface area contributed by atoms with Crippen LogP contribution in [-0.2, 0) is 6.42 Å². The summed E-state index contributed by atoms with van der Waals surface area (Å²) in [4.78, 5) is 15.6. The summed E-state index contributed by atoms with van der Waals surface area (Å²) in [6, 6.07) is 9.57. The van der Waals surface area contributed by atoms with Gasteiger partial charge in [0.25, 0.3) is 0 Å². The lowest BCUT2D eigenvalue weighted by molar-refractivity contribution is 0.0689. The summed E-state index contributed by atoms with van der Waals surface area (Å²) < 4.78 is 1.88. The van der Waals surface area contributed by atoms with Crippen molar-refractivity contribution in [2.45, 2.75) is 25.4 Å². The minimum Gasteiger partial charge on any atom is -0.476 e. The first kappa shape index (κ1) is 11.9. The van der Waals surface area contributed by atoms with Crippen LogP contribution in [0.3, 0.4) is 0 Å². The van der Waals surface area contributed by atoms with Gasteiger partial charge in [-0.25, -0.2) is 9.78 Å². The summed E-state index contributed by atoms with van der Waals surface area (Å²) in [7, 11) is 0. The number of carboxylic acids is 1. The number of hydrogen-bond acceptors (Lipinski definition) is 3. The van der Waals surface area contributed by atoms with E-state index in [2.05, 4.69) is 4.98 Å². The van der Waals surface area contributed by atoms with Crippen LogP contribution in [0.5, 0.6) is 0 Å². The van der Waals surface area contributed by atoms with Crippen molar-refractivity contribution < 1.29 is 9.90 Å². The van der Waals surface area contributed by atoms with Gasteiger partial charge in [-0.2, -0.15) is 0 Å². The van der Waals surface area contributed by atoms with Crippen molar-refractivity contribution in [1.29, 1.82) is 0 Å². The number of aromatic carboxylic acids is 1. The SMILES string of the molecule is NC1CCCc2c(C(=O)O)nc(-c3ccccc3)n21. The van der Waals surface area contributed by atoms with Crippen molar-refractivity contribution in [3.8, 4) is 11.4 Å². The third-order valence-corrected chi connectivity index (χ3v) is 3.49. The Morgan fingerprint density at radius 2 is 2.11 bits per heavy atom. The lowest BCUT2D eigenvalue weighted by atomic mass is 10.1. The maximum Gasteiger partial charge on any atom is 0.356 e. The predicted octanol–water partition coefficient (Wildman–Crippen LogP) is 2.04. The normalized spacial score (nSPS) is 18.1. The Bertz CT molecular complexity index is 619. The van der Waals surface area contributed by atoms with Crippen LogP contribution in [0.15, 0.2) is 30.3 Å². The molecular formula is C14H15N3O2. The summed E-state index contributed by atoms with van der Waals surface area (Å²) in [5.41, 5.74) is 7.90. The number of hydrogen-bond donors (Lipinski definition) is 2. The van der Waals surface area contributed by atoms with E-state index in [1.165, 1.54) is 0 Å². The van der Waals surface area contributed by atoms with Gasteiger partial charge in [-0.05, 0) is 19.3 Å². The third-order valence-electron chi connectivity index (χ3n) is 3.49. The molecule has 2 aromatic rings. The van der Waals surface area contributed by atoms with E-state index in [-0.39, 0.29) is 11.9 Å². The number of imidazole rings is 1. The molecule has 2 heterocycles. The maximum atomic E-state index is 11.3. The first-order valence-corrected chi connectivity index (χ1v) is 6.34. The number of benzene rings is 1. The molecule has 1 aromatic heterocycles. The summed E-state index contributed by atoms with van der Waals surface area (Å²) in [6.45, 7) is 0. The molecule has 19 heavy (non-hydrogen) atoms. The zero-order valence-corrected chi connectivity index (χ0v) is 10.4. The Balaban J connectivity index is 2.23. The summed E-state index contributed by atoms with van der Waals surface area (Å²) >= 11 is 0. The topological polar surface area (TPSA) is 81.1 Å². The molecule has 1 aromatic carbocycles. The van der Waals surface area contributed by atoms with Gasteiger partial charge < -0.3 is 15.4 Å². The molecule has 5 heteroatoms. The molecule has 0 spiro atoms. The van der Waals surface area contributed by atoms with Crippen molar-refractivity contribution in [1.82, 2.24) is 9.55 Å². The highest BCUT2D eigenvalue weighted by Crippen LogP contribution is 2.31. The number of aromatic nitrogens is 2. The number of carbonyl (C=O) groups is 1. The second-order valence-electron chi connectivity index (χ2n) is 4.73. The molecule has 0 fully saturated rings. The van der Waals surface area contributed by atoms with Crippen LogP contribution in [0, 0.1) is 0 Å². The Hall–Kier alpha value is -2.14. The van der Waals surface area contributed by atoms with Crippen LogP contribution in [0.25, 0.3) is 11.4 Å². The number of fused-ring (bicyclic) bond motifs is 1. The van der Waals surface area contributed by atoms with Crippen LogP contribution < -0.4 is 5.73 Å². The summed E-state index contributed by atoms with van der Waals surface area (Å²) in [5, 5.41) is 9.27. The van der Waals surface area contributed by atoms with Crippen molar-refractivity contribution in [3.05, 3.63) is 41.7 Å². The van der Waals surface area contributed by atoms with Gasteiger partial charge in [0.15, 0.2) is 5.69 Å². The molecule has 0 radical (unpaired) electrons. The highest BCUT2D eigenvalue weighted by molar-refractivity contribution is 5.88. The van der Waals surface area contributed by atoms with E-state index in [1.807, 2.05) is 34.9 Å². The first-order valence-electron chi connectivity index (χ1n) is 6.34. The fraction of sp³-hybridized carbons (Fsp3) is 0.286. The molecule has 1 aliphatic rings. The number of nitrogens with two attached hydrogens (primary N) is 1. The molecule has 0 amide bonds. The molecule has 3 rings (SSSR count). The molecule has 0 bridgehead atoms. The van der Waals surface area contributed by atoms with Gasteiger partial charge in [0, 0.05) is 5.56 Å². The third kappa shape index (κ3) is 1.92. The second kappa shape index (κ2) is 4.51. The summed E-state index contributed by atoms with van der Waals surface area (Å²) in [5.74, 6) is -0.333. The zero-order valence-electron chi connectivity index (χ0n) is 10.4. The molecule has 1 aliphatic heterocycles. The number of nitrogens with zero attached hydrogens (tertiary/aromatic N) is 2. The maximum absolute atomic E-state index is 11.3. The van der Waals surface area contributed by atoms with Gasteiger partial charge in [-0.15, -0.1) is 0 Å². The van der Waals surface area contributed by atoms with Gasteiger partial charge in [-0.1, -0.05) is 30.3 Å². The van der Waals surface area contributed by atoms with Crippen LogP contribution in [0.1, 0.15) is 35.2 Å². The lowest BCUT2D eigenvalue weighted by Crippen LogP contribution is -2.26. The average molecular weight is 257 g/mol. The molecule has 1 atom stereocenters. The van der Waals surface area contributed by atoms with Gasteiger partial charge in [0.2, 0.25) is 0 Å². The molecule has 0 saturated carbocycles. The van der Waals surface area contributed by atoms with Crippen molar-refractivity contribution in [2.75, 3.05) is 0 Å². The van der Waals surface area contributed by atoms with Crippen LogP contribution >= 0.6 is 0 Å². The highest BCUT2D eigenvalue weighted by atomic mass is 16.4. The molecule has 3 N–H and O–H groups in total. The van der Waals surface area contributed by atoms with Gasteiger partial charge in [0.05, 0.1) is 11.9 Å². The lowest BCUT2D eigenvalue weighted by Gasteiger charge is -2.24. The van der Waals surface area contributed by atoms with Crippen LogP contribution in [0.4, 0.5) is 0 Å². The largest absolute Gasteiger partial charge is 0.476 e. The number of carboxylic acid groups (broad SMARTS) is 1. The molecular weight excluding hydrogens is 242 g/mol. The van der Waals surface area contributed by atoms with Gasteiger partial charge >= 0.3 is 5.97 Å². The summed E-state index contributed by atoms with van der Waals surface area (Å²) in [6.07, 6.45) is 2.28. The van der Waals surface area contributed by atoms with Crippen molar-refractivity contribution in [2.24, 2.45) is 5.73 Å². The minimum absolute atomic E-state index is 0.133. The fourth-order valence-electron chi connectivity index (χ4n) is 2.63. The van der Waals surface area contributed by atoms with Crippen LogP contribution in [0.2, 0.25) is 0 Å². The van der Waals surface area contributed by atoms with Gasteiger partial charge in [-0.3, -0.25) is 0 Å². The molecule has 1 unspecified atom stereocenters. The van der Waals surface area contributed by atoms with E-state index < -0.39 is 5.97 Å². The van der Waals surface area contributed by atoms with E-state index >= 15 is 0 Å². The second-order valence-corrected chi connectivity index (χ2v) is 4.73. The Morgan fingerprint density at radius 3 is 2.79 bits per heavy atom. The molecule has 0 saturated heterocycles. The smallest absolute Gasteiger partial charge is 0.356 e. The van der Waals surface area contributed by atoms with E-state index in [0.717, 1.165) is 30.5 Å². The van der Waals surface area contributed by atoms with Crippen molar-refractivity contribution >= 4 is 5.97 Å². The first-order chi connectivity index (χ1) is 9.18. The van der Waals surface area contributed by atoms with Gasteiger partial charge in [0.1, 0.15) is 5.82 Å². The standard InChI is InChI=1S/C14H15N3O2/c15-11-8-4-7-10-12(14(18)19)16-13(17(10)11)9-5-2-1-3-6-9/h1-3,5-6,11H,4,7-8,15H2,(H,18,19). The van der Waals surface area contributed by atoms with E-state index in [0.29, 0.717) is 5.82 Å². The van der Waals surface area contributed by atoms with E-state index in [4.69, 9.17) is 5.73 Å². The fourth-order valence-corrected chi connectivity index (χ4v) is 2.63. The average Bonchev–Trinajstić information content (AvgIpc) is 2.81. The molecule has 5 nitrogen and oxygen atoms in total. The highest BCUT2D eigenvalue weighted by Gasteiger charge is 2.28. The Morgan fingerprint density at radius 1 is 1.37 bits per heavy atom. The van der Waals surface area contributed by atoms with Crippen LogP contribution in [-0.4, -0.2) is 20.6 Å². The van der Waals surface area contributed by atoms with E-state index in [1.54, 1.807) is 0 Å². The molecule has 98 valence electrons. The quantitative estimate of drug-likeness (QED) is 0.862. The van der Waals surface area contributed by atoms with E-state index in [9.17, 15) is 9.90 Å².